The van der Waals surface area contributed by atoms with E-state index in [0.29, 0.717) is 0 Å². The first-order valence-electron chi connectivity index (χ1n) is 2.85. The van der Waals surface area contributed by atoms with E-state index < -0.39 is 11.9 Å². The van der Waals surface area contributed by atoms with E-state index in [9.17, 15) is 4.79 Å². The van der Waals surface area contributed by atoms with Crippen molar-refractivity contribution in [3.63, 3.8) is 0 Å². The van der Waals surface area contributed by atoms with Gasteiger partial charge in [-0.2, -0.15) is 0 Å². The minimum absolute atomic E-state index is 0. The molecule has 0 heterocycles. The van der Waals surface area contributed by atoms with E-state index in [-0.39, 0.29) is 12.3 Å². The predicted octanol–water partition coefficient (Wildman–Crippen LogP) is 0.904. The molecule has 0 radical (unpaired) electrons. The van der Waals surface area contributed by atoms with Gasteiger partial charge in [0.2, 0.25) is 0 Å². The van der Waals surface area contributed by atoms with Crippen LogP contribution in [0.5, 0.6) is 0 Å². The van der Waals surface area contributed by atoms with Gasteiger partial charge in [0, 0.05) is 7.11 Å². The molecule has 62 valence electrons. The normalized spacial score (nSPS) is 15.1. The van der Waals surface area contributed by atoms with E-state index in [4.69, 9.17) is 9.84 Å². The second kappa shape index (κ2) is 5.20. The Morgan fingerprint density at radius 3 is 2.00 bits per heavy atom. The fourth-order valence-electron chi connectivity index (χ4n) is 0.405. The number of hydrogen-bond donors (Lipinski definition) is 2. The van der Waals surface area contributed by atoms with Crippen LogP contribution in [0.3, 0.4) is 0 Å². The van der Waals surface area contributed by atoms with Crippen molar-refractivity contribution < 1.29 is 14.6 Å². The van der Waals surface area contributed by atoms with Gasteiger partial charge >= 0.3 is 5.97 Å². The summed E-state index contributed by atoms with van der Waals surface area (Å²) in [4.78, 5) is 10.2. The van der Waals surface area contributed by atoms with Crippen LogP contribution in [0, 0.1) is 5.92 Å². The van der Waals surface area contributed by atoms with Gasteiger partial charge in [0.05, 0.1) is 12.0 Å². The van der Waals surface area contributed by atoms with Gasteiger partial charge in [0.1, 0.15) is 0 Å². The van der Waals surface area contributed by atoms with Gasteiger partial charge in [0.25, 0.3) is 0 Å². The fraction of sp³-hybridized carbons (Fsp3) is 0.833. The minimum Gasteiger partial charge on any atom is -0.481 e. The zero-order chi connectivity index (χ0) is 7.44. The van der Waals surface area contributed by atoms with E-state index in [1.807, 2.05) is 0 Å². The van der Waals surface area contributed by atoms with Crippen molar-refractivity contribution in [2.24, 2.45) is 5.92 Å². The van der Waals surface area contributed by atoms with Crippen LogP contribution in [0.4, 0.5) is 0 Å². The van der Waals surface area contributed by atoms with E-state index in [1.54, 1.807) is 13.8 Å². The van der Waals surface area contributed by atoms with E-state index in [2.05, 4.69) is 0 Å². The maximum atomic E-state index is 10.2. The Bertz CT molecular complexity index is 105. The highest BCUT2D eigenvalue weighted by Crippen LogP contribution is 2.04. The number of aliphatic carboxylic acids is 1. The van der Waals surface area contributed by atoms with E-state index in [0.717, 1.165) is 0 Å². The van der Waals surface area contributed by atoms with E-state index >= 15 is 0 Å². The maximum Gasteiger partial charge on any atom is 0.308 e. The van der Waals surface area contributed by atoms with E-state index in [1.165, 1.54) is 7.11 Å². The Kier molecular flexibility index (Phi) is 6.29. The summed E-state index contributed by atoms with van der Waals surface area (Å²) in [5.74, 6) is -1.24. The van der Waals surface area contributed by atoms with Crippen LogP contribution in [-0.4, -0.2) is 24.3 Å². The second-order valence-electron chi connectivity index (χ2n) is 2.07. The number of methoxy groups -OCH3 is 1. The van der Waals surface area contributed by atoms with Crippen LogP contribution in [-0.2, 0) is 9.53 Å². The van der Waals surface area contributed by atoms with Crippen molar-refractivity contribution in [2.75, 3.05) is 7.11 Å². The zero-order valence-corrected chi connectivity index (χ0v) is 6.63. The molecule has 0 spiro atoms. The molecule has 4 nitrogen and oxygen atoms in total. The highest BCUT2D eigenvalue weighted by Gasteiger charge is 2.17. The zero-order valence-electron chi connectivity index (χ0n) is 6.63. The van der Waals surface area contributed by atoms with Crippen molar-refractivity contribution in [1.82, 2.24) is 6.15 Å². The summed E-state index contributed by atoms with van der Waals surface area (Å²) < 4.78 is 4.79. The molecule has 2 atom stereocenters. The van der Waals surface area contributed by atoms with Gasteiger partial charge in [-0.05, 0) is 13.8 Å². The molecule has 0 aromatic heterocycles. The fourth-order valence-corrected chi connectivity index (χ4v) is 0.405. The average Bonchev–Trinajstić information content (AvgIpc) is 1.84. The van der Waals surface area contributed by atoms with Crippen LogP contribution in [0.1, 0.15) is 13.8 Å². The molecule has 0 saturated heterocycles. The second-order valence-corrected chi connectivity index (χ2v) is 2.07. The Morgan fingerprint density at radius 1 is 1.50 bits per heavy atom. The Balaban J connectivity index is 0. The van der Waals surface area contributed by atoms with Crippen molar-refractivity contribution >= 4 is 5.97 Å². The minimum atomic E-state index is -0.815. The molecule has 0 saturated carbocycles. The molecule has 0 aliphatic carbocycles. The van der Waals surface area contributed by atoms with Crippen molar-refractivity contribution in [3.8, 4) is 0 Å². The molecule has 0 aromatic carbocycles. The number of carbonyl (C=O) groups is 1. The van der Waals surface area contributed by atoms with Crippen molar-refractivity contribution in [1.29, 1.82) is 0 Å². The van der Waals surface area contributed by atoms with Gasteiger partial charge in [-0.25, -0.2) is 0 Å². The monoisotopic (exact) mass is 149 g/mol. The largest absolute Gasteiger partial charge is 0.481 e. The first-order chi connectivity index (χ1) is 4.09. The number of ether oxygens (including phenoxy) is 1. The lowest BCUT2D eigenvalue weighted by Crippen LogP contribution is -2.24. The van der Waals surface area contributed by atoms with Gasteiger partial charge in [-0.15, -0.1) is 0 Å². The first-order valence-corrected chi connectivity index (χ1v) is 2.85. The highest BCUT2D eigenvalue weighted by molar-refractivity contribution is 5.70. The molecule has 0 amide bonds. The summed E-state index contributed by atoms with van der Waals surface area (Å²) >= 11 is 0. The van der Waals surface area contributed by atoms with Crippen LogP contribution < -0.4 is 6.15 Å². The smallest absolute Gasteiger partial charge is 0.308 e. The summed E-state index contributed by atoms with van der Waals surface area (Å²) in [7, 11) is 1.50. The van der Waals surface area contributed by atoms with Crippen molar-refractivity contribution in [2.45, 2.75) is 20.0 Å². The lowest BCUT2D eigenvalue weighted by atomic mass is 10.1. The summed E-state index contributed by atoms with van der Waals surface area (Å²) in [5, 5.41) is 8.40. The third kappa shape index (κ3) is 3.42. The third-order valence-electron chi connectivity index (χ3n) is 1.47. The average molecular weight is 149 g/mol. The molecule has 2 unspecified atom stereocenters. The van der Waals surface area contributed by atoms with Gasteiger partial charge in [0.15, 0.2) is 0 Å². The standard InChI is InChI=1S/C6H12O3.H3N/c1-4(6(7)8)5(2)9-3;/h4-5H,1-3H3,(H,7,8);1H3. The molecule has 4 heteroatoms. The van der Waals surface area contributed by atoms with Gasteiger partial charge in [-0.3, -0.25) is 4.79 Å². The lowest BCUT2D eigenvalue weighted by Gasteiger charge is -2.12. The predicted molar refractivity (Wildman–Crippen MR) is 38.3 cm³/mol. The topological polar surface area (TPSA) is 81.5 Å². The van der Waals surface area contributed by atoms with Crippen LogP contribution in [0.2, 0.25) is 0 Å². The first kappa shape index (κ1) is 12.1. The lowest BCUT2D eigenvalue weighted by molar-refractivity contribution is -0.145. The van der Waals surface area contributed by atoms with Crippen LogP contribution >= 0.6 is 0 Å². The highest BCUT2D eigenvalue weighted by atomic mass is 16.5. The van der Waals surface area contributed by atoms with Crippen molar-refractivity contribution in [3.05, 3.63) is 0 Å². The molecular weight excluding hydrogens is 134 g/mol. The number of carboxylic acid groups (broad SMARTS) is 1. The molecule has 4 N–H and O–H groups in total. The molecule has 0 fully saturated rings. The molecule has 0 aliphatic rings. The van der Waals surface area contributed by atoms with Crippen LogP contribution in [0.15, 0.2) is 0 Å². The molecular formula is C6H15NO3. The van der Waals surface area contributed by atoms with Gasteiger partial charge < -0.3 is 16.0 Å². The van der Waals surface area contributed by atoms with Gasteiger partial charge in [-0.1, -0.05) is 0 Å². The molecule has 10 heavy (non-hydrogen) atoms. The summed E-state index contributed by atoms with van der Waals surface area (Å²) in [6, 6.07) is 0. The van der Waals surface area contributed by atoms with Crippen LogP contribution in [0.25, 0.3) is 0 Å². The molecule has 0 aromatic rings. The number of hydrogen-bond acceptors (Lipinski definition) is 3. The Hall–Kier alpha value is -0.610. The maximum absolute atomic E-state index is 10.2. The Labute approximate surface area is 60.8 Å². The Morgan fingerprint density at radius 2 is 1.90 bits per heavy atom. The summed E-state index contributed by atoms with van der Waals surface area (Å²) in [5.41, 5.74) is 0. The molecule has 0 aliphatic heterocycles. The SMILES string of the molecule is COC(C)C(C)C(=O)O.N. The molecule has 0 rings (SSSR count). The number of carboxylic acids is 1. The summed E-state index contributed by atoms with van der Waals surface area (Å²) in [6.45, 7) is 3.36. The number of rotatable bonds is 3. The molecule has 0 bridgehead atoms. The quantitative estimate of drug-likeness (QED) is 0.624. The summed E-state index contributed by atoms with van der Waals surface area (Å²) in [6.07, 6.45) is -0.206. The third-order valence-corrected chi connectivity index (χ3v) is 1.47.